The van der Waals surface area contributed by atoms with E-state index >= 15 is 0 Å². The highest BCUT2D eigenvalue weighted by atomic mass is 127. The van der Waals surface area contributed by atoms with Gasteiger partial charge in [-0.15, -0.1) is 24.0 Å². The number of hydrogen-bond donors (Lipinski definition) is 2. The monoisotopic (exact) mass is 283 g/mol. The largest absolute Gasteiger partial charge is 0.370 e. The van der Waals surface area contributed by atoms with E-state index in [9.17, 15) is 0 Å². The fourth-order valence-corrected chi connectivity index (χ4v) is 1.87. The molecule has 1 rings (SSSR count). The van der Waals surface area contributed by atoms with Crippen LogP contribution in [0.2, 0.25) is 0 Å². The fraction of sp³-hybridized carbons (Fsp3) is 0.875. The predicted molar refractivity (Wildman–Crippen MR) is 62.6 cm³/mol. The Morgan fingerprint density at radius 2 is 1.92 bits per heavy atom. The van der Waals surface area contributed by atoms with Crippen molar-refractivity contribution in [3.63, 3.8) is 0 Å². The van der Waals surface area contributed by atoms with Crippen molar-refractivity contribution in [3.8, 4) is 0 Å². The summed E-state index contributed by atoms with van der Waals surface area (Å²) < 4.78 is 0. The second kappa shape index (κ2) is 4.30. The van der Waals surface area contributed by atoms with Gasteiger partial charge in [-0.2, -0.15) is 0 Å². The van der Waals surface area contributed by atoms with Crippen molar-refractivity contribution < 1.29 is 0 Å². The Hall–Kier alpha value is 0. The third kappa shape index (κ3) is 3.60. The van der Waals surface area contributed by atoms with Gasteiger partial charge in [0, 0.05) is 6.54 Å². The molecule has 1 fully saturated rings. The lowest BCUT2D eigenvalue weighted by Crippen LogP contribution is -2.34. The van der Waals surface area contributed by atoms with Crippen molar-refractivity contribution in [3.05, 3.63) is 0 Å². The predicted octanol–water partition coefficient (Wildman–Crippen LogP) is 1.31. The van der Waals surface area contributed by atoms with Crippen molar-refractivity contribution in [2.45, 2.75) is 26.7 Å². The molecule has 4 heteroatoms. The van der Waals surface area contributed by atoms with E-state index in [1.54, 1.807) is 0 Å². The van der Waals surface area contributed by atoms with Crippen molar-refractivity contribution in [1.82, 2.24) is 0 Å². The molecule has 0 aromatic rings. The Labute approximate surface area is 91.0 Å². The number of nitrogens with zero attached hydrogens (tertiary/aromatic N) is 1. The van der Waals surface area contributed by atoms with E-state index in [4.69, 9.17) is 11.5 Å². The highest BCUT2D eigenvalue weighted by Gasteiger charge is 2.35. The molecule has 0 heterocycles. The second-order valence-electron chi connectivity index (χ2n) is 4.20. The van der Waals surface area contributed by atoms with Gasteiger partial charge in [0.15, 0.2) is 5.96 Å². The molecule has 1 saturated carbocycles. The lowest BCUT2D eigenvalue weighted by Gasteiger charge is -2.41. The van der Waals surface area contributed by atoms with Gasteiger partial charge in [0.1, 0.15) is 0 Å². The van der Waals surface area contributed by atoms with Crippen molar-refractivity contribution in [2.75, 3.05) is 6.54 Å². The minimum Gasteiger partial charge on any atom is -0.370 e. The maximum atomic E-state index is 5.21. The Morgan fingerprint density at radius 3 is 2.25 bits per heavy atom. The molecule has 0 aliphatic heterocycles. The van der Waals surface area contributed by atoms with E-state index in [0.29, 0.717) is 11.3 Å². The summed E-state index contributed by atoms with van der Waals surface area (Å²) in [6, 6.07) is 0. The lowest BCUT2D eigenvalue weighted by molar-refractivity contribution is 0.103. The van der Waals surface area contributed by atoms with Crippen LogP contribution in [-0.4, -0.2) is 12.5 Å². The van der Waals surface area contributed by atoms with Crippen LogP contribution in [0.1, 0.15) is 26.7 Å². The topological polar surface area (TPSA) is 64.4 Å². The van der Waals surface area contributed by atoms with Crippen LogP contribution < -0.4 is 11.5 Å². The quantitative estimate of drug-likeness (QED) is 0.456. The molecule has 0 bridgehead atoms. The first kappa shape index (κ1) is 12.0. The molecule has 3 nitrogen and oxygen atoms in total. The molecule has 12 heavy (non-hydrogen) atoms. The molecular weight excluding hydrogens is 265 g/mol. The number of aliphatic imine (C=N–C) groups is 1. The first-order chi connectivity index (χ1) is 4.99. The minimum atomic E-state index is 0. The fourth-order valence-electron chi connectivity index (χ4n) is 1.87. The molecule has 1 aliphatic rings. The van der Waals surface area contributed by atoms with Crippen LogP contribution in [-0.2, 0) is 0 Å². The summed E-state index contributed by atoms with van der Waals surface area (Å²) in [5.41, 5.74) is 11.0. The Kier molecular flexibility index (Phi) is 4.30. The smallest absolute Gasteiger partial charge is 0.185 e. The van der Waals surface area contributed by atoms with Crippen molar-refractivity contribution >= 4 is 29.9 Å². The van der Waals surface area contributed by atoms with Gasteiger partial charge >= 0.3 is 0 Å². The number of nitrogens with two attached hydrogens (primary N) is 2. The first-order valence-electron chi connectivity index (χ1n) is 4.05. The van der Waals surface area contributed by atoms with Gasteiger partial charge in [0.05, 0.1) is 0 Å². The summed E-state index contributed by atoms with van der Waals surface area (Å²) in [5, 5.41) is 0. The molecule has 0 spiro atoms. The van der Waals surface area contributed by atoms with E-state index in [2.05, 4.69) is 18.8 Å². The average Bonchev–Trinajstić information content (AvgIpc) is 1.78. The first-order valence-corrected chi connectivity index (χ1v) is 4.05. The summed E-state index contributed by atoms with van der Waals surface area (Å²) >= 11 is 0. The summed E-state index contributed by atoms with van der Waals surface area (Å²) in [7, 11) is 0. The number of halogens is 1. The zero-order chi connectivity index (χ0) is 8.48. The molecular formula is C8H18IN3. The molecule has 0 amide bonds. The Bertz CT molecular complexity index is 165. The maximum Gasteiger partial charge on any atom is 0.185 e. The maximum absolute atomic E-state index is 5.21. The molecule has 4 N–H and O–H groups in total. The standard InChI is InChI=1S/C8H17N3.HI/c1-8(2)3-6(4-8)5-11-7(9)10;/h6H,3-5H2,1-2H3,(H4,9,10,11);1H. The average molecular weight is 283 g/mol. The molecule has 0 radical (unpaired) electrons. The summed E-state index contributed by atoms with van der Waals surface area (Å²) in [6.45, 7) is 5.36. The molecule has 0 unspecified atom stereocenters. The highest BCUT2D eigenvalue weighted by Crippen LogP contribution is 2.44. The van der Waals surface area contributed by atoms with Crippen molar-refractivity contribution in [1.29, 1.82) is 0 Å². The van der Waals surface area contributed by atoms with Gasteiger partial charge in [0.2, 0.25) is 0 Å². The van der Waals surface area contributed by atoms with Crippen LogP contribution in [0.25, 0.3) is 0 Å². The van der Waals surface area contributed by atoms with E-state index in [1.165, 1.54) is 12.8 Å². The number of guanidine groups is 1. The molecule has 0 saturated heterocycles. The van der Waals surface area contributed by atoms with Crippen LogP contribution in [0.5, 0.6) is 0 Å². The Balaban J connectivity index is 0.00000121. The van der Waals surface area contributed by atoms with Crippen LogP contribution in [0.15, 0.2) is 4.99 Å². The van der Waals surface area contributed by atoms with Crippen molar-refractivity contribution in [2.24, 2.45) is 27.8 Å². The zero-order valence-electron chi connectivity index (χ0n) is 7.71. The van der Waals surface area contributed by atoms with E-state index < -0.39 is 0 Å². The summed E-state index contributed by atoms with van der Waals surface area (Å²) in [5.74, 6) is 0.932. The highest BCUT2D eigenvalue weighted by molar-refractivity contribution is 14.0. The molecule has 0 aromatic carbocycles. The van der Waals surface area contributed by atoms with Crippen LogP contribution >= 0.6 is 24.0 Å². The normalized spacial score (nSPS) is 20.5. The number of rotatable bonds is 2. The van der Waals surface area contributed by atoms with E-state index in [1.807, 2.05) is 0 Å². The second-order valence-corrected chi connectivity index (χ2v) is 4.20. The zero-order valence-corrected chi connectivity index (χ0v) is 10.0. The molecule has 0 aromatic heterocycles. The van der Waals surface area contributed by atoms with Crippen LogP contribution in [0.4, 0.5) is 0 Å². The minimum absolute atomic E-state index is 0. The van der Waals surface area contributed by atoms with Crippen LogP contribution in [0, 0.1) is 11.3 Å². The summed E-state index contributed by atoms with van der Waals surface area (Å²) in [4.78, 5) is 3.98. The van der Waals surface area contributed by atoms with E-state index in [0.717, 1.165) is 6.54 Å². The van der Waals surface area contributed by atoms with Gasteiger partial charge in [0.25, 0.3) is 0 Å². The molecule has 72 valence electrons. The van der Waals surface area contributed by atoms with E-state index in [-0.39, 0.29) is 29.9 Å². The molecule has 1 aliphatic carbocycles. The van der Waals surface area contributed by atoms with Gasteiger partial charge in [-0.3, -0.25) is 4.99 Å². The third-order valence-electron chi connectivity index (χ3n) is 2.21. The third-order valence-corrected chi connectivity index (χ3v) is 2.21. The number of hydrogen-bond acceptors (Lipinski definition) is 1. The van der Waals surface area contributed by atoms with Gasteiger partial charge in [-0.25, -0.2) is 0 Å². The SMILES string of the molecule is CC1(C)CC(CN=C(N)N)C1.I. The van der Waals surface area contributed by atoms with Crippen LogP contribution in [0.3, 0.4) is 0 Å². The van der Waals surface area contributed by atoms with Gasteiger partial charge < -0.3 is 11.5 Å². The lowest BCUT2D eigenvalue weighted by atomic mass is 9.64. The summed E-state index contributed by atoms with van der Waals surface area (Å²) in [6.07, 6.45) is 2.51. The molecule has 0 atom stereocenters. The van der Waals surface area contributed by atoms with Gasteiger partial charge in [-0.1, -0.05) is 13.8 Å². The van der Waals surface area contributed by atoms with Gasteiger partial charge in [-0.05, 0) is 24.2 Å². The Morgan fingerprint density at radius 1 is 1.42 bits per heavy atom.